The molecule has 0 atom stereocenters. The highest BCUT2D eigenvalue weighted by Gasteiger charge is 2.10. The highest BCUT2D eigenvalue weighted by molar-refractivity contribution is 5.79. The Labute approximate surface area is 161 Å². The molecule has 4 aromatic heterocycles. The fourth-order valence-electron chi connectivity index (χ4n) is 2.97. The van der Waals surface area contributed by atoms with Crippen molar-refractivity contribution in [3.63, 3.8) is 0 Å². The summed E-state index contributed by atoms with van der Waals surface area (Å²) >= 11 is 0. The predicted octanol–water partition coefficient (Wildman–Crippen LogP) is 2.38. The first-order chi connectivity index (χ1) is 13.5. The van der Waals surface area contributed by atoms with Crippen molar-refractivity contribution in [2.45, 2.75) is 13.8 Å². The maximum Gasteiger partial charge on any atom is 0.245 e. The highest BCUT2D eigenvalue weighted by Crippen LogP contribution is 2.25. The Kier molecular flexibility index (Phi) is 4.50. The fraction of sp³-hybridized carbons (Fsp3) is 0.158. The molecule has 0 saturated carbocycles. The van der Waals surface area contributed by atoms with Crippen molar-refractivity contribution in [2.75, 3.05) is 12.4 Å². The number of hydrazine groups is 1. The summed E-state index contributed by atoms with van der Waals surface area (Å²) in [5.41, 5.74) is 4.67. The SMILES string of the molecule is C/C=C/C(=C\N(C)N)Nc1ncc2c(-c3cnc4ncc(C)n4c3)ccn2n1. The van der Waals surface area contributed by atoms with Crippen LogP contribution < -0.4 is 11.2 Å². The number of nitrogens with two attached hydrogens (primary N) is 1. The quantitative estimate of drug-likeness (QED) is 0.314. The second kappa shape index (κ2) is 7.12. The first kappa shape index (κ1) is 17.7. The van der Waals surface area contributed by atoms with Gasteiger partial charge in [-0.25, -0.2) is 25.3 Å². The molecule has 142 valence electrons. The third-order valence-corrected chi connectivity index (χ3v) is 4.22. The average Bonchev–Trinajstić information content (AvgIpc) is 3.24. The van der Waals surface area contributed by atoms with Gasteiger partial charge < -0.3 is 10.3 Å². The van der Waals surface area contributed by atoms with Crippen molar-refractivity contribution in [3.8, 4) is 11.1 Å². The maximum atomic E-state index is 5.70. The van der Waals surface area contributed by atoms with Gasteiger partial charge in [-0.3, -0.25) is 4.40 Å². The molecule has 4 rings (SSSR count). The van der Waals surface area contributed by atoms with Crippen LogP contribution in [-0.4, -0.2) is 41.0 Å². The summed E-state index contributed by atoms with van der Waals surface area (Å²) in [5, 5.41) is 9.18. The lowest BCUT2D eigenvalue weighted by Gasteiger charge is -2.10. The molecule has 0 spiro atoms. The third kappa shape index (κ3) is 3.30. The van der Waals surface area contributed by atoms with Crippen LogP contribution in [0.1, 0.15) is 12.6 Å². The molecule has 0 radical (unpaired) electrons. The number of aromatic nitrogens is 6. The van der Waals surface area contributed by atoms with E-state index in [0.717, 1.165) is 28.0 Å². The van der Waals surface area contributed by atoms with Gasteiger partial charge in [0.2, 0.25) is 11.7 Å². The standard InChI is InChI=1S/C19H21N9/c1-4-5-15(12-26(3)20)24-18-21-10-17-16(6-7-28(17)25-18)14-9-23-19-22-8-13(2)27(19)11-14/h4-12H,20H2,1-3H3,(H,24,25)/b5-4+,15-12+. The highest BCUT2D eigenvalue weighted by atomic mass is 15.4. The Morgan fingerprint density at radius 2 is 2.04 bits per heavy atom. The van der Waals surface area contributed by atoms with Gasteiger partial charge in [-0.2, -0.15) is 0 Å². The summed E-state index contributed by atoms with van der Waals surface area (Å²) < 4.78 is 3.75. The van der Waals surface area contributed by atoms with Crippen molar-refractivity contribution in [2.24, 2.45) is 5.84 Å². The van der Waals surface area contributed by atoms with Crippen molar-refractivity contribution < 1.29 is 0 Å². The summed E-state index contributed by atoms with van der Waals surface area (Å²) in [6, 6.07) is 2.00. The molecule has 9 heteroatoms. The number of allylic oxidation sites excluding steroid dienone is 2. The molecular formula is C19H21N9. The number of hydrogen-bond acceptors (Lipinski definition) is 7. The Bertz CT molecular complexity index is 1200. The van der Waals surface area contributed by atoms with Gasteiger partial charge in [0, 0.05) is 48.7 Å². The van der Waals surface area contributed by atoms with E-state index in [2.05, 4.69) is 25.4 Å². The average molecular weight is 375 g/mol. The predicted molar refractivity (Wildman–Crippen MR) is 108 cm³/mol. The second-order valence-corrected chi connectivity index (χ2v) is 6.43. The summed E-state index contributed by atoms with van der Waals surface area (Å²) in [6.07, 6.45) is 14.9. The van der Waals surface area contributed by atoms with E-state index in [9.17, 15) is 0 Å². The van der Waals surface area contributed by atoms with Crippen molar-refractivity contribution >= 4 is 17.2 Å². The molecule has 0 bridgehead atoms. The molecule has 0 aliphatic carbocycles. The van der Waals surface area contributed by atoms with Gasteiger partial charge in [0.05, 0.1) is 23.6 Å². The zero-order valence-corrected chi connectivity index (χ0v) is 15.9. The van der Waals surface area contributed by atoms with Gasteiger partial charge >= 0.3 is 0 Å². The fourth-order valence-corrected chi connectivity index (χ4v) is 2.97. The van der Waals surface area contributed by atoms with Crippen LogP contribution in [0.5, 0.6) is 0 Å². The van der Waals surface area contributed by atoms with Crippen molar-refractivity contribution in [1.82, 2.24) is 34.0 Å². The van der Waals surface area contributed by atoms with Crippen LogP contribution >= 0.6 is 0 Å². The number of nitrogens with zero attached hydrogens (tertiary/aromatic N) is 7. The summed E-state index contributed by atoms with van der Waals surface area (Å²) in [6.45, 7) is 3.93. The number of nitrogens with one attached hydrogen (secondary N) is 1. The lowest BCUT2D eigenvalue weighted by atomic mass is 10.1. The maximum absolute atomic E-state index is 5.70. The zero-order chi connectivity index (χ0) is 19.7. The van der Waals surface area contributed by atoms with Gasteiger partial charge in [-0.1, -0.05) is 6.08 Å². The lowest BCUT2D eigenvalue weighted by Crippen LogP contribution is -2.20. The van der Waals surface area contributed by atoms with E-state index >= 15 is 0 Å². The van der Waals surface area contributed by atoms with Crippen LogP contribution in [-0.2, 0) is 0 Å². The smallest absolute Gasteiger partial charge is 0.245 e. The van der Waals surface area contributed by atoms with Crippen LogP contribution in [0, 0.1) is 6.92 Å². The Morgan fingerprint density at radius 1 is 1.21 bits per heavy atom. The Hall–Kier alpha value is -3.72. The van der Waals surface area contributed by atoms with Gasteiger partial charge in [0.15, 0.2) is 0 Å². The molecule has 4 heterocycles. The molecule has 3 N–H and O–H groups in total. The normalized spacial score (nSPS) is 12.4. The van der Waals surface area contributed by atoms with Crippen molar-refractivity contribution in [1.29, 1.82) is 0 Å². The van der Waals surface area contributed by atoms with Gasteiger partial charge in [-0.15, -0.1) is 5.10 Å². The minimum Gasteiger partial charge on any atom is -0.322 e. The Balaban J connectivity index is 1.70. The molecule has 28 heavy (non-hydrogen) atoms. The minimum atomic E-state index is 0.472. The summed E-state index contributed by atoms with van der Waals surface area (Å²) in [5.74, 6) is 6.86. The number of aryl methyl sites for hydroxylation is 1. The second-order valence-electron chi connectivity index (χ2n) is 6.43. The molecule has 0 saturated heterocycles. The molecule has 0 aliphatic heterocycles. The largest absolute Gasteiger partial charge is 0.322 e. The molecule has 0 aromatic carbocycles. The van der Waals surface area contributed by atoms with Gasteiger partial charge in [0.1, 0.15) is 0 Å². The monoisotopic (exact) mass is 375 g/mol. The van der Waals surface area contributed by atoms with Crippen LogP contribution in [0.2, 0.25) is 0 Å². The van der Waals surface area contributed by atoms with E-state index in [1.807, 2.05) is 55.1 Å². The minimum absolute atomic E-state index is 0.472. The molecule has 9 nitrogen and oxygen atoms in total. The molecule has 0 aliphatic rings. The first-order valence-corrected chi connectivity index (χ1v) is 8.78. The number of fused-ring (bicyclic) bond motifs is 2. The first-order valence-electron chi connectivity index (χ1n) is 8.78. The van der Waals surface area contributed by atoms with Crippen molar-refractivity contribution in [3.05, 3.63) is 66.8 Å². The molecule has 0 fully saturated rings. The van der Waals surface area contributed by atoms with Gasteiger partial charge in [-0.05, 0) is 26.0 Å². The van der Waals surface area contributed by atoms with E-state index in [0.29, 0.717) is 11.7 Å². The molecule has 0 unspecified atom stereocenters. The molecular weight excluding hydrogens is 354 g/mol. The molecule has 0 amide bonds. The lowest BCUT2D eigenvalue weighted by molar-refractivity contribution is 0.482. The zero-order valence-electron chi connectivity index (χ0n) is 15.9. The van der Waals surface area contributed by atoms with E-state index in [1.54, 1.807) is 30.2 Å². The van der Waals surface area contributed by atoms with E-state index in [-0.39, 0.29) is 0 Å². The van der Waals surface area contributed by atoms with E-state index in [1.165, 1.54) is 5.01 Å². The topological polar surface area (TPSA) is 102 Å². The van der Waals surface area contributed by atoms with Crippen LogP contribution in [0.3, 0.4) is 0 Å². The summed E-state index contributed by atoms with van der Waals surface area (Å²) in [4.78, 5) is 13.1. The Morgan fingerprint density at radius 3 is 2.82 bits per heavy atom. The number of hydrogen-bond donors (Lipinski definition) is 2. The number of rotatable bonds is 5. The number of imidazole rings is 1. The van der Waals surface area contributed by atoms with E-state index < -0.39 is 0 Å². The van der Waals surface area contributed by atoms with Crippen LogP contribution in [0.15, 0.2) is 61.1 Å². The van der Waals surface area contributed by atoms with Crippen LogP contribution in [0.4, 0.5) is 5.95 Å². The summed E-state index contributed by atoms with van der Waals surface area (Å²) in [7, 11) is 1.75. The number of anilines is 1. The van der Waals surface area contributed by atoms with Crippen LogP contribution in [0.25, 0.3) is 22.4 Å². The van der Waals surface area contributed by atoms with Gasteiger partial charge in [0.25, 0.3) is 0 Å². The van der Waals surface area contributed by atoms with E-state index in [4.69, 9.17) is 5.84 Å². The third-order valence-electron chi connectivity index (χ3n) is 4.22. The molecule has 4 aromatic rings.